The average Bonchev–Trinajstić information content (AvgIpc) is 3.18. The molecule has 1 aliphatic rings. The minimum absolute atomic E-state index is 0.0402. The lowest BCUT2D eigenvalue weighted by molar-refractivity contribution is -0.142. The summed E-state index contributed by atoms with van der Waals surface area (Å²) >= 11 is 2.71. The van der Waals surface area contributed by atoms with E-state index < -0.39 is 0 Å². The lowest BCUT2D eigenvalue weighted by atomic mass is 10.2. The molecule has 3 rings (SSSR count). The number of ether oxygens (including phenoxy) is 1. The SMILES string of the molecule is CC1CN(C(=O)Cc2csc(NC(=O)c3cccs3)n2)CC(C)O1. The van der Waals surface area contributed by atoms with Crippen molar-refractivity contribution in [2.24, 2.45) is 0 Å². The van der Waals surface area contributed by atoms with Crippen molar-refractivity contribution in [2.45, 2.75) is 32.5 Å². The number of thiazole rings is 1. The normalized spacial score (nSPS) is 20.8. The predicted molar refractivity (Wildman–Crippen MR) is 94.7 cm³/mol. The number of aromatic nitrogens is 1. The van der Waals surface area contributed by atoms with Crippen LogP contribution in [-0.2, 0) is 16.0 Å². The van der Waals surface area contributed by atoms with Crippen LogP contribution in [0.15, 0.2) is 22.9 Å². The van der Waals surface area contributed by atoms with Gasteiger partial charge in [-0.2, -0.15) is 0 Å². The maximum atomic E-state index is 12.4. The van der Waals surface area contributed by atoms with Gasteiger partial charge in [-0.05, 0) is 25.3 Å². The largest absolute Gasteiger partial charge is 0.372 e. The molecule has 6 nitrogen and oxygen atoms in total. The van der Waals surface area contributed by atoms with Gasteiger partial charge < -0.3 is 9.64 Å². The lowest BCUT2D eigenvalue weighted by Crippen LogP contribution is -2.48. The van der Waals surface area contributed by atoms with E-state index in [0.29, 0.717) is 28.8 Å². The van der Waals surface area contributed by atoms with Crippen LogP contribution >= 0.6 is 22.7 Å². The quantitative estimate of drug-likeness (QED) is 0.904. The molecule has 2 unspecified atom stereocenters. The van der Waals surface area contributed by atoms with Gasteiger partial charge in [-0.3, -0.25) is 14.9 Å². The highest BCUT2D eigenvalue weighted by molar-refractivity contribution is 7.14. The van der Waals surface area contributed by atoms with Crippen molar-refractivity contribution in [1.82, 2.24) is 9.88 Å². The smallest absolute Gasteiger partial charge is 0.267 e. The summed E-state index contributed by atoms with van der Waals surface area (Å²) in [6, 6.07) is 3.59. The van der Waals surface area contributed by atoms with Gasteiger partial charge in [0.1, 0.15) is 0 Å². The number of amides is 2. The fourth-order valence-electron chi connectivity index (χ4n) is 2.66. The molecule has 0 spiro atoms. The molecule has 0 aromatic carbocycles. The summed E-state index contributed by atoms with van der Waals surface area (Å²) in [5.74, 6) is -0.133. The molecular formula is C16H19N3O3S2. The van der Waals surface area contributed by atoms with Gasteiger partial charge in [0.25, 0.3) is 5.91 Å². The zero-order valence-corrected chi connectivity index (χ0v) is 15.2. The first-order valence-corrected chi connectivity index (χ1v) is 9.49. The van der Waals surface area contributed by atoms with Crippen molar-refractivity contribution in [3.05, 3.63) is 33.5 Å². The molecule has 8 heteroatoms. The molecule has 3 heterocycles. The number of carbonyl (C=O) groups excluding carboxylic acids is 2. The number of anilines is 1. The molecule has 1 fully saturated rings. The Kier molecular flexibility index (Phi) is 5.27. The van der Waals surface area contributed by atoms with Gasteiger partial charge in [0.05, 0.1) is 29.2 Å². The van der Waals surface area contributed by atoms with Crippen LogP contribution in [-0.4, -0.2) is 47.0 Å². The Morgan fingerprint density at radius 1 is 1.33 bits per heavy atom. The third kappa shape index (κ3) is 4.19. The van der Waals surface area contributed by atoms with Crippen LogP contribution in [0.25, 0.3) is 0 Å². The van der Waals surface area contributed by atoms with Crippen LogP contribution in [0.2, 0.25) is 0 Å². The molecule has 24 heavy (non-hydrogen) atoms. The number of nitrogens with one attached hydrogen (secondary N) is 1. The molecule has 0 bridgehead atoms. The first-order valence-electron chi connectivity index (χ1n) is 7.73. The number of hydrogen-bond donors (Lipinski definition) is 1. The van der Waals surface area contributed by atoms with E-state index in [2.05, 4.69) is 10.3 Å². The van der Waals surface area contributed by atoms with Crippen molar-refractivity contribution in [3.8, 4) is 0 Å². The summed E-state index contributed by atoms with van der Waals surface area (Å²) < 4.78 is 5.65. The fourth-order valence-corrected chi connectivity index (χ4v) is 3.98. The number of morpholine rings is 1. The average molecular weight is 365 g/mol. The lowest BCUT2D eigenvalue weighted by Gasteiger charge is -2.35. The minimum Gasteiger partial charge on any atom is -0.372 e. The summed E-state index contributed by atoms with van der Waals surface area (Å²) in [6.45, 7) is 5.15. The number of thiophene rings is 1. The Labute approximate surface area is 148 Å². The Bertz CT molecular complexity index is 704. The van der Waals surface area contributed by atoms with Crippen molar-refractivity contribution >= 4 is 39.6 Å². The summed E-state index contributed by atoms with van der Waals surface area (Å²) in [5.41, 5.74) is 0.679. The van der Waals surface area contributed by atoms with E-state index >= 15 is 0 Å². The van der Waals surface area contributed by atoms with Crippen LogP contribution in [0.4, 0.5) is 5.13 Å². The predicted octanol–water partition coefficient (Wildman–Crippen LogP) is 2.64. The monoisotopic (exact) mass is 365 g/mol. The Hall–Kier alpha value is -1.77. The van der Waals surface area contributed by atoms with Crippen LogP contribution < -0.4 is 5.32 Å². The van der Waals surface area contributed by atoms with Crippen LogP contribution in [0.3, 0.4) is 0 Å². The van der Waals surface area contributed by atoms with E-state index in [0.717, 1.165) is 0 Å². The van der Waals surface area contributed by atoms with E-state index in [9.17, 15) is 9.59 Å². The number of hydrogen-bond acceptors (Lipinski definition) is 6. The molecule has 1 N–H and O–H groups in total. The highest BCUT2D eigenvalue weighted by Gasteiger charge is 2.26. The Morgan fingerprint density at radius 2 is 2.08 bits per heavy atom. The molecule has 0 saturated carbocycles. The van der Waals surface area contributed by atoms with E-state index in [1.54, 1.807) is 6.07 Å². The van der Waals surface area contributed by atoms with E-state index in [-0.39, 0.29) is 30.4 Å². The number of carbonyl (C=O) groups is 2. The topological polar surface area (TPSA) is 71.5 Å². The molecule has 0 radical (unpaired) electrons. The van der Waals surface area contributed by atoms with Crippen LogP contribution in [0, 0.1) is 0 Å². The second-order valence-electron chi connectivity index (χ2n) is 5.81. The summed E-state index contributed by atoms with van der Waals surface area (Å²) in [5, 5.41) is 6.95. The van der Waals surface area contributed by atoms with E-state index in [1.165, 1.54) is 22.7 Å². The maximum Gasteiger partial charge on any atom is 0.267 e. The zero-order valence-electron chi connectivity index (χ0n) is 13.5. The minimum atomic E-state index is -0.173. The Morgan fingerprint density at radius 3 is 2.75 bits per heavy atom. The van der Waals surface area contributed by atoms with Gasteiger partial charge in [-0.25, -0.2) is 4.98 Å². The molecule has 128 valence electrons. The van der Waals surface area contributed by atoms with Crippen molar-refractivity contribution < 1.29 is 14.3 Å². The molecule has 1 saturated heterocycles. The van der Waals surface area contributed by atoms with Gasteiger partial charge in [0.15, 0.2) is 5.13 Å². The maximum absolute atomic E-state index is 12.4. The zero-order chi connectivity index (χ0) is 17.1. The van der Waals surface area contributed by atoms with Crippen LogP contribution in [0.1, 0.15) is 29.2 Å². The standard InChI is InChI=1S/C16H19N3O3S2/c1-10-7-19(8-11(2)22-10)14(20)6-12-9-24-16(17-12)18-15(21)13-4-3-5-23-13/h3-5,9-11H,6-8H2,1-2H3,(H,17,18,21). The molecule has 2 aromatic rings. The molecule has 1 aliphatic heterocycles. The molecule has 0 aliphatic carbocycles. The number of rotatable bonds is 4. The summed E-state index contributed by atoms with van der Waals surface area (Å²) in [4.78, 5) is 31.2. The van der Waals surface area contributed by atoms with Crippen molar-refractivity contribution in [3.63, 3.8) is 0 Å². The van der Waals surface area contributed by atoms with Gasteiger partial charge in [-0.15, -0.1) is 22.7 Å². The van der Waals surface area contributed by atoms with E-state index in [4.69, 9.17) is 4.74 Å². The van der Waals surface area contributed by atoms with Crippen LogP contribution in [0.5, 0.6) is 0 Å². The Balaban J connectivity index is 1.57. The second-order valence-corrected chi connectivity index (χ2v) is 7.61. The number of nitrogens with zero attached hydrogens (tertiary/aromatic N) is 2. The summed E-state index contributed by atoms with van der Waals surface area (Å²) in [6.07, 6.45) is 0.340. The second kappa shape index (κ2) is 7.42. The highest BCUT2D eigenvalue weighted by atomic mass is 32.1. The van der Waals surface area contributed by atoms with Crippen molar-refractivity contribution in [1.29, 1.82) is 0 Å². The van der Waals surface area contributed by atoms with E-state index in [1.807, 2.05) is 35.6 Å². The third-order valence-corrected chi connectivity index (χ3v) is 5.30. The summed E-state index contributed by atoms with van der Waals surface area (Å²) in [7, 11) is 0. The molecular weight excluding hydrogens is 346 g/mol. The van der Waals surface area contributed by atoms with Gasteiger partial charge >= 0.3 is 0 Å². The highest BCUT2D eigenvalue weighted by Crippen LogP contribution is 2.19. The fraction of sp³-hybridized carbons (Fsp3) is 0.438. The van der Waals surface area contributed by atoms with Gasteiger partial charge in [-0.1, -0.05) is 6.07 Å². The molecule has 2 atom stereocenters. The first-order chi connectivity index (χ1) is 11.5. The third-order valence-electron chi connectivity index (χ3n) is 3.62. The molecule has 2 aromatic heterocycles. The van der Waals surface area contributed by atoms with Gasteiger partial charge in [0.2, 0.25) is 5.91 Å². The van der Waals surface area contributed by atoms with Gasteiger partial charge in [0, 0.05) is 18.5 Å². The molecule has 2 amide bonds. The first kappa shape index (κ1) is 17.1. The van der Waals surface area contributed by atoms with Crippen molar-refractivity contribution in [2.75, 3.05) is 18.4 Å².